The van der Waals surface area contributed by atoms with Crippen molar-refractivity contribution in [3.8, 4) is 17.1 Å². The third-order valence-electron chi connectivity index (χ3n) is 4.44. The van der Waals surface area contributed by atoms with E-state index in [-0.39, 0.29) is 11.9 Å². The molecule has 3 aromatic heterocycles. The van der Waals surface area contributed by atoms with Crippen molar-refractivity contribution < 1.29 is 9.13 Å². The van der Waals surface area contributed by atoms with E-state index in [1.54, 1.807) is 6.20 Å². The van der Waals surface area contributed by atoms with Crippen LogP contribution >= 0.6 is 0 Å². The van der Waals surface area contributed by atoms with E-state index in [0.717, 1.165) is 27.9 Å². The van der Waals surface area contributed by atoms with E-state index in [1.807, 2.05) is 30.7 Å². The lowest BCUT2D eigenvalue weighted by atomic mass is 10.1. The van der Waals surface area contributed by atoms with Crippen LogP contribution in [0, 0.1) is 12.7 Å². The first-order valence-electron chi connectivity index (χ1n) is 8.65. The minimum atomic E-state index is -0.332. The van der Waals surface area contributed by atoms with Crippen molar-refractivity contribution in [1.82, 2.24) is 24.5 Å². The molecule has 134 valence electrons. The summed E-state index contributed by atoms with van der Waals surface area (Å²) in [7, 11) is 0. The Kier molecular flexibility index (Phi) is 3.86. The van der Waals surface area contributed by atoms with Crippen LogP contribution in [0.2, 0.25) is 0 Å². The minimum Gasteiger partial charge on any atom is -0.464 e. The molecule has 6 nitrogen and oxygen atoms in total. The van der Waals surface area contributed by atoms with Gasteiger partial charge in [0, 0.05) is 29.4 Å². The molecule has 0 aliphatic rings. The summed E-state index contributed by atoms with van der Waals surface area (Å²) in [5.41, 5.74) is 3.45. The first kappa shape index (κ1) is 16.5. The molecule has 0 aliphatic heterocycles. The molecule has 1 N–H and O–H groups in total. The summed E-state index contributed by atoms with van der Waals surface area (Å²) < 4.78 is 22.1. The van der Waals surface area contributed by atoms with Gasteiger partial charge in [-0.3, -0.25) is 0 Å². The Morgan fingerprint density at radius 1 is 1.27 bits per heavy atom. The number of hydrogen-bond acceptors (Lipinski definition) is 4. The second-order valence-electron chi connectivity index (χ2n) is 6.50. The molecule has 4 aromatic rings. The number of nitrogens with one attached hydrogen (secondary N) is 1. The van der Waals surface area contributed by atoms with Crippen molar-refractivity contribution >= 4 is 22.1 Å². The number of aryl methyl sites for hydroxylation is 1. The largest absolute Gasteiger partial charge is 0.464 e. The number of aromatic nitrogens is 5. The van der Waals surface area contributed by atoms with Crippen LogP contribution in [0.15, 0.2) is 24.5 Å². The first-order valence-corrected chi connectivity index (χ1v) is 8.65. The Hall–Kier alpha value is -2.96. The normalized spacial score (nSPS) is 11.8. The number of fused-ring (bicyclic) bond motifs is 2. The van der Waals surface area contributed by atoms with Crippen LogP contribution in [0.5, 0.6) is 6.01 Å². The number of benzene rings is 1. The molecule has 0 saturated carbocycles. The Bertz CT molecular complexity index is 1110. The van der Waals surface area contributed by atoms with Gasteiger partial charge >= 0.3 is 6.01 Å². The zero-order valence-corrected chi connectivity index (χ0v) is 15.2. The summed E-state index contributed by atoms with van der Waals surface area (Å²) >= 11 is 0. The third-order valence-corrected chi connectivity index (χ3v) is 4.44. The fourth-order valence-corrected chi connectivity index (χ4v) is 3.40. The number of ether oxygens (including phenoxy) is 1. The molecule has 0 saturated heterocycles. The van der Waals surface area contributed by atoms with E-state index in [9.17, 15) is 4.39 Å². The van der Waals surface area contributed by atoms with Gasteiger partial charge in [-0.25, -0.2) is 14.4 Å². The number of H-pyrrole nitrogens is 1. The highest BCUT2D eigenvalue weighted by molar-refractivity contribution is 5.95. The van der Waals surface area contributed by atoms with Crippen molar-refractivity contribution in [2.75, 3.05) is 6.61 Å². The van der Waals surface area contributed by atoms with Gasteiger partial charge in [0.1, 0.15) is 17.0 Å². The van der Waals surface area contributed by atoms with Crippen LogP contribution in [0.25, 0.3) is 33.2 Å². The predicted octanol–water partition coefficient (Wildman–Crippen LogP) is 4.40. The number of nitrogens with zero attached hydrogens (tertiary/aromatic N) is 4. The van der Waals surface area contributed by atoms with Crippen molar-refractivity contribution in [2.45, 2.75) is 33.7 Å². The molecule has 0 unspecified atom stereocenters. The van der Waals surface area contributed by atoms with E-state index in [4.69, 9.17) is 4.74 Å². The second-order valence-corrected chi connectivity index (χ2v) is 6.50. The molecule has 3 heterocycles. The highest BCUT2D eigenvalue weighted by atomic mass is 19.1. The monoisotopic (exact) mass is 353 g/mol. The van der Waals surface area contributed by atoms with E-state index in [0.29, 0.717) is 23.8 Å². The summed E-state index contributed by atoms with van der Waals surface area (Å²) in [5.74, 6) is 0.468. The smallest absolute Gasteiger partial charge is 0.318 e. The van der Waals surface area contributed by atoms with E-state index in [1.165, 1.54) is 6.07 Å². The molecular formula is C19H20FN5O. The molecule has 0 spiro atoms. The molecule has 0 aliphatic carbocycles. The van der Waals surface area contributed by atoms with Crippen LogP contribution in [0.3, 0.4) is 0 Å². The van der Waals surface area contributed by atoms with Crippen LogP contribution in [-0.2, 0) is 0 Å². The quantitative estimate of drug-likeness (QED) is 0.590. The highest BCUT2D eigenvalue weighted by Crippen LogP contribution is 2.33. The van der Waals surface area contributed by atoms with Crippen molar-refractivity contribution in [3.05, 3.63) is 36.2 Å². The van der Waals surface area contributed by atoms with Gasteiger partial charge in [-0.2, -0.15) is 4.98 Å². The SMILES string of the molecule is CCOc1ncc2c(-c3cc(F)c4nc(C)n(C(C)C)c4c3)c[nH]c2n1. The molecule has 0 amide bonds. The van der Waals surface area contributed by atoms with E-state index < -0.39 is 0 Å². The number of rotatable bonds is 4. The van der Waals surface area contributed by atoms with Crippen molar-refractivity contribution in [2.24, 2.45) is 0 Å². The molecule has 26 heavy (non-hydrogen) atoms. The standard InChI is InChI=1S/C19H20FN5O/c1-5-26-19-22-9-14-13(8-21-18(14)24-19)12-6-15(20)17-16(7-12)25(10(2)3)11(4)23-17/h6-10H,5H2,1-4H3,(H,21,22,24). The Balaban J connectivity index is 1.91. The Morgan fingerprint density at radius 2 is 2.08 bits per heavy atom. The van der Waals surface area contributed by atoms with Gasteiger partial charge < -0.3 is 14.3 Å². The molecule has 0 atom stereocenters. The van der Waals surface area contributed by atoms with Gasteiger partial charge in [-0.1, -0.05) is 0 Å². The Labute approximate surface area is 150 Å². The second kappa shape index (κ2) is 6.09. The van der Waals surface area contributed by atoms with Gasteiger partial charge in [-0.05, 0) is 45.4 Å². The summed E-state index contributed by atoms with van der Waals surface area (Å²) in [5, 5.41) is 0.819. The summed E-state index contributed by atoms with van der Waals surface area (Å²) in [4.78, 5) is 16.1. The number of hydrogen-bond donors (Lipinski definition) is 1. The van der Waals surface area contributed by atoms with Gasteiger partial charge in [0.2, 0.25) is 0 Å². The third kappa shape index (κ3) is 2.51. The van der Waals surface area contributed by atoms with Crippen molar-refractivity contribution in [1.29, 1.82) is 0 Å². The first-order chi connectivity index (χ1) is 12.5. The predicted molar refractivity (Wildman–Crippen MR) is 98.9 cm³/mol. The number of halogens is 1. The topological polar surface area (TPSA) is 68.6 Å². The van der Waals surface area contributed by atoms with Crippen LogP contribution in [0.1, 0.15) is 32.6 Å². The van der Waals surface area contributed by atoms with E-state index >= 15 is 0 Å². The highest BCUT2D eigenvalue weighted by Gasteiger charge is 2.17. The number of aromatic amines is 1. The van der Waals surface area contributed by atoms with Gasteiger partial charge in [0.25, 0.3) is 0 Å². The van der Waals surface area contributed by atoms with Crippen LogP contribution in [-0.4, -0.2) is 31.1 Å². The fourth-order valence-electron chi connectivity index (χ4n) is 3.40. The molecular weight excluding hydrogens is 333 g/mol. The molecule has 0 fully saturated rings. The van der Waals surface area contributed by atoms with Crippen molar-refractivity contribution in [3.63, 3.8) is 0 Å². The van der Waals surface area contributed by atoms with E-state index in [2.05, 4.69) is 33.8 Å². The van der Waals surface area contributed by atoms with Gasteiger partial charge in [-0.15, -0.1) is 0 Å². The lowest BCUT2D eigenvalue weighted by molar-refractivity contribution is 0.314. The fraction of sp³-hybridized carbons (Fsp3) is 0.316. The Morgan fingerprint density at radius 3 is 2.81 bits per heavy atom. The molecule has 0 radical (unpaired) electrons. The average Bonchev–Trinajstić information content (AvgIpc) is 3.15. The van der Waals surface area contributed by atoms with Gasteiger partial charge in [0.05, 0.1) is 12.1 Å². The van der Waals surface area contributed by atoms with Crippen LogP contribution in [0.4, 0.5) is 4.39 Å². The molecule has 7 heteroatoms. The maximum atomic E-state index is 14.7. The zero-order chi connectivity index (χ0) is 18.4. The molecule has 4 rings (SSSR count). The summed E-state index contributed by atoms with van der Waals surface area (Å²) in [6, 6.07) is 3.99. The zero-order valence-electron chi connectivity index (χ0n) is 15.2. The molecule has 1 aromatic carbocycles. The summed E-state index contributed by atoms with van der Waals surface area (Å²) in [6.07, 6.45) is 3.52. The van der Waals surface area contributed by atoms with Gasteiger partial charge in [0.15, 0.2) is 5.82 Å². The maximum absolute atomic E-state index is 14.7. The summed E-state index contributed by atoms with van der Waals surface area (Å²) in [6.45, 7) is 8.40. The number of imidazole rings is 1. The molecule has 0 bridgehead atoms. The minimum absolute atomic E-state index is 0.190. The average molecular weight is 353 g/mol. The lowest BCUT2D eigenvalue weighted by Gasteiger charge is -2.11. The lowest BCUT2D eigenvalue weighted by Crippen LogP contribution is -2.02. The van der Waals surface area contributed by atoms with Crippen LogP contribution < -0.4 is 4.74 Å². The maximum Gasteiger partial charge on any atom is 0.318 e.